The van der Waals surface area contributed by atoms with Gasteiger partial charge in [-0.2, -0.15) is 0 Å². The van der Waals surface area contributed by atoms with E-state index in [1.165, 1.54) is 11.8 Å². The van der Waals surface area contributed by atoms with E-state index in [-0.39, 0.29) is 19.3 Å². The molecule has 0 N–H and O–H groups in total. The van der Waals surface area contributed by atoms with E-state index in [0.29, 0.717) is 40.5 Å². The van der Waals surface area contributed by atoms with Crippen molar-refractivity contribution in [2.75, 3.05) is 17.6 Å². The zero-order chi connectivity index (χ0) is 18.9. The first-order valence-electron chi connectivity index (χ1n) is 8.72. The quantitative estimate of drug-likeness (QED) is 0.655. The predicted octanol–water partition coefficient (Wildman–Crippen LogP) is 2.36. The molecule has 8 nitrogen and oxygen atoms in total. The lowest BCUT2D eigenvalue weighted by atomic mass is 10.2. The Labute approximate surface area is 165 Å². The monoisotopic (exact) mass is 396 g/mol. The molecule has 3 aromatic rings. The van der Waals surface area contributed by atoms with E-state index >= 15 is 0 Å². The van der Waals surface area contributed by atoms with Crippen molar-refractivity contribution in [3.05, 3.63) is 59.9 Å². The molecule has 9 heteroatoms. The number of rotatable bonds is 5. The third-order valence-electron chi connectivity index (χ3n) is 4.42. The van der Waals surface area contributed by atoms with Crippen LogP contribution in [0.5, 0.6) is 17.2 Å². The maximum Gasteiger partial charge on any atom is 0.252 e. The number of nitrogens with zero attached hydrogens (tertiary/aromatic N) is 4. The van der Waals surface area contributed by atoms with Crippen molar-refractivity contribution in [1.82, 2.24) is 14.9 Å². The highest BCUT2D eigenvalue weighted by molar-refractivity contribution is 7.99. The summed E-state index contributed by atoms with van der Waals surface area (Å²) >= 11 is 1.38. The third kappa shape index (κ3) is 3.13. The van der Waals surface area contributed by atoms with Crippen LogP contribution in [0.2, 0.25) is 0 Å². The van der Waals surface area contributed by atoms with Gasteiger partial charge in [-0.25, -0.2) is 9.69 Å². The molecule has 2 aromatic carbocycles. The molecule has 0 unspecified atom stereocenters. The molecule has 142 valence electrons. The van der Waals surface area contributed by atoms with Gasteiger partial charge in [-0.3, -0.25) is 4.79 Å². The molecule has 3 heterocycles. The van der Waals surface area contributed by atoms with Crippen molar-refractivity contribution in [1.29, 1.82) is 0 Å². The fraction of sp³-hybridized carbons (Fsp3) is 0.211. The van der Waals surface area contributed by atoms with Crippen LogP contribution >= 0.6 is 11.8 Å². The van der Waals surface area contributed by atoms with Crippen molar-refractivity contribution >= 4 is 17.7 Å². The second-order valence-electron chi connectivity index (χ2n) is 6.24. The Balaban J connectivity index is 1.38. The van der Waals surface area contributed by atoms with Crippen molar-refractivity contribution in [2.24, 2.45) is 0 Å². The van der Waals surface area contributed by atoms with Gasteiger partial charge in [-0.1, -0.05) is 42.1 Å². The zero-order valence-corrected chi connectivity index (χ0v) is 15.6. The summed E-state index contributed by atoms with van der Waals surface area (Å²) < 4.78 is 18.3. The Hall–Kier alpha value is -3.20. The summed E-state index contributed by atoms with van der Waals surface area (Å²) in [4.78, 5) is 12.6. The summed E-state index contributed by atoms with van der Waals surface area (Å²) in [6.07, 6.45) is 0. The summed E-state index contributed by atoms with van der Waals surface area (Å²) in [7, 11) is 0. The van der Waals surface area contributed by atoms with Crippen LogP contribution in [0, 0.1) is 0 Å². The molecule has 0 saturated carbocycles. The number of aromatic nitrogens is 3. The minimum absolute atomic E-state index is 0.00508. The molecule has 28 heavy (non-hydrogen) atoms. The van der Waals surface area contributed by atoms with Crippen LogP contribution in [0.15, 0.2) is 53.7 Å². The number of carbonyl (C=O) groups excluding carboxylic acids is 1. The highest BCUT2D eigenvalue weighted by Crippen LogP contribution is 2.35. The first-order chi connectivity index (χ1) is 13.8. The molecule has 0 atom stereocenters. The highest BCUT2D eigenvalue weighted by atomic mass is 32.2. The maximum absolute atomic E-state index is 12.6. The SMILES string of the molecule is O=C1CSc2nnc(COc3ccc4c(c3)OCO4)n2N1Cc1ccccc1. The van der Waals surface area contributed by atoms with E-state index < -0.39 is 0 Å². The summed E-state index contributed by atoms with van der Waals surface area (Å²) in [5.74, 6) is 2.88. The van der Waals surface area contributed by atoms with Gasteiger partial charge in [0, 0.05) is 6.07 Å². The summed E-state index contributed by atoms with van der Waals surface area (Å²) in [5, 5.41) is 10.8. The van der Waals surface area contributed by atoms with Gasteiger partial charge in [0.2, 0.25) is 11.9 Å². The topological polar surface area (TPSA) is 78.7 Å². The smallest absolute Gasteiger partial charge is 0.252 e. The maximum atomic E-state index is 12.6. The molecule has 0 bridgehead atoms. The first-order valence-corrected chi connectivity index (χ1v) is 9.70. The van der Waals surface area contributed by atoms with Gasteiger partial charge in [-0.15, -0.1) is 10.2 Å². The molecule has 0 aliphatic carbocycles. The van der Waals surface area contributed by atoms with Gasteiger partial charge in [0.15, 0.2) is 17.3 Å². The van der Waals surface area contributed by atoms with Crippen LogP contribution in [0.25, 0.3) is 0 Å². The molecule has 2 aliphatic heterocycles. The average Bonchev–Trinajstić information content (AvgIpc) is 3.36. The van der Waals surface area contributed by atoms with E-state index in [9.17, 15) is 4.79 Å². The van der Waals surface area contributed by atoms with Gasteiger partial charge in [0.1, 0.15) is 12.4 Å². The molecule has 0 spiro atoms. The van der Waals surface area contributed by atoms with Gasteiger partial charge in [0.25, 0.3) is 5.91 Å². The molecule has 0 saturated heterocycles. The Morgan fingerprint density at radius 3 is 2.82 bits per heavy atom. The van der Waals surface area contributed by atoms with Gasteiger partial charge < -0.3 is 14.2 Å². The molecule has 0 fully saturated rings. The van der Waals surface area contributed by atoms with Crippen LogP contribution < -0.4 is 19.2 Å². The first kappa shape index (κ1) is 16.9. The standard InChI is InChI=1S/C19H16N4O4S/c24-18-11-28-19-21-20-17(23(19)22(18)9-13-4-2-1-3-5-13)10-25-14-6-7-15-16(8-14)27-12-26-15/h1-8H,9-12H2. The van der Waals surface area contributed by atoms with E-state index in [4.69, 9.17) is 14.2 Å². The normalized spacial score (nSPS) is 14.9. The van der Waals surface area contributed by atoms with E-state index in [2.05, 4.69) is 10.2 Å². The Morgan fingerprint density at radius 2 is 1.93 bits per heavy atom. The minimum atomic E-state index is 0.00508. The lowest BCUT2D eigenvalue weighted by molar-refractivity contribution is -0.118. The molecule has 5 rings (SSSR count). The van der Waals surface area contributed by atoms with Crippen molar-refractivity contribution < 1.29 is 19.0 Å². The van der Waals surface area contributed by atoms with E-state index in [1.807, 2.05) is 36.4 Å². The van der Waals surface area contributed by atoms with E-state index in [0.717, 1.165) is 5.56 Å². The predicted molar refractivity (Wildman–Crippen MR) is 101 cm³/mol. The lowest BCUT2D eigenvalue weighted by Gasteiger charge is -2.29. The number of benzene rings is 2. The van der Waals surface area contributed by atoms with Crippen molar-refractivity contribution in [3.8, 4) is 17.2 Å². The Morgan fingerprint density at radius 1 is 1.07 bits per heavy atom. The van der Waals surface area contributed by atoms with Crippen LogP contribution in [0.4, 0.5) is 0 Å². The van der Waals surface area contributed by atoms with Gasteiger partial charge in [0.05, 0.1) is 12.3 Å². The summed E-state index contributed by atoms with van der Waals surface area (Å²) in [5.41, 5.74) is 1.03. The number of hydrogen-bond acceptors (Lipinski definition) is 7. The van der Waals surface area contributed by atoms with Crippen molar-refractivity contribution in [3.63, 3.8) is 0 Å². The summed E-state index contributed by atoms with van der Waals surface area (Å²) in [6, 6.07) is 15.2. The second-order valence-corrected chi connectivity index (χ2v) is 7.18. The number of carbonyl (C=O) groups is 1. The summed E-state index contributed by atoms with van der Waals surface area (Å²) in [6.45, 7) is 0.832. The van der Waals surface area contributed by atoms with Gasteiger partial charge in [-0.05, 0) is 17.7 Å². The van der Waals surface area contributed by atoms with Crippen LogP contribution in [0.3, 0.4) is 0 Å². The number of thioether (sulfide) groups is 1. The number of amides is 1. The lowest BCUT2D eigenvalue weighted by Crippen LogP contribution is -2.45. The fourth-order valence-corrected chi connectivity index (χ4v) is 3.89. The zero-order valence-electron chi connectivity index (χ0n) is 14.8. The Bertz CT molecular complexity index is 1020. The number of hydrogen-bond donors (Lipinski definition) is 0. The van der Waals surface area contributed by atoms with Crippen LogP contribution in [-0.2, 0) is 17.9 Å². The fourth-order valence-electron chi connectivity index (χ4n) is 3.06. The Kier molecular flexibility index (Phi) is 4.28. The van der Waals surface area contributed by atoms with Crippen LogP contribution in [-0.4, -0.2) is 33.3 Å². The molecular formula is C19H16N4O4S. The molecule has 0 radical (unpaired) electrons. The molecule has 1 amide bonds. The average molecular weight is 396 g/mol. The number of fused-ring (bicyclic) bond motifs is 2. The largest absolute Gasteiger partial charge is 0.485 e. The van der Waals surface area contributed by atoms with E-state index in [1.54, 1.807) is 21.8 Å². The third-order valence-corrected chi connectivity index (χ3v) is 5.32. The molecule has 1 aromatic heterocycles. The van der Waals surface area contributed by atoms with Crippen LogP contribution in [0.1, 0.15) is 11.4 Å². The van der Waals surface area contributed by atoms with Crippen molar-refractivity contribution in [2.45, 2.75) is 18.3 Å². The minimum Gasteiger partial charge on any atom is -0.485 e. The number of ether oxygens (including phenoxy) is 3. The highest BCUT2D eigenvalue weighted by Gasteiger charge is 2.29. The molecular weight excluding hydrogens is 380 g/mol. The van der Waals surface area contributed by atoms with Gasteiger partial charge >= 0.3 is 0 Å². The second kappa shape index (κ2) is 7.08. The molecule has 2 aliphatic rings.